The largest absolute Gasteiger partial charge is 0.345 e. The van der Waals surface area contributed by atoms with Crippen molar-refractivity contribution in [3.63, 3.8) is 0 Å². The van der Waals surface area contributed by atoms with Crippen LogP contribution in [-0.2, 0) is 0 Å². The second-order valence-corrected chi connectivity index (χ2v) is 3.32. The third-order valence-electron chi connectivity index (χ3n) is 2.16. The predicted molar refractivity (Wildman–Crippen MR) is 57.5 cm³/mol. The molecule has 2 aromatic rings. The van der Waals surface area contributed by atoms with Crippen LogP contribution in [0.5, 0.6) is 0 Å². The van der Waals surface area contributed by atoms with E-state index in [2.05, 4.69) is 15.0 Å². The molecule has 0 aliphatic rings. The zero-order valence-electron chi connectivity index (χ0n) is 8.56. The third kappa shape index (κ3) is 1.81. The number of hydrogen-bond acceptors (Lipinski definition) is 4. The van der Waals surface area contributed by atoms with Crippen LogP contribution in [0.15, 0.2) is 29.5 Å². The zero-order valence-corrected chi connectivity index (χ0v) is 8.56. The van der Waals surface area contributed by atoms with Crippen LogP contribution < -0.4 is 5.69 Å². The van der Waals surface area contributed by atoms with Gasteiger partial charge in [-0.25, -0.2) is 9.78 Å². The maximum Gasteiger partial charge on any atom is 0.345 e. The summed E-state index contributed by atoms with van der Waals surface area (Å²) in [6.45, 7) is 1.83. The Hall–Kier alpha value is -2.48. The minimum atomic E-state index is -0.414. The normalized spacial score (nSPS) is 9.75. The van der Waals surface area contributed by atoms with Crippen LogP contribution in [0.4, 0.5) is 0 Å². The fourth-order valence-corrected chi connectivity index (χ4v) is 1.40. The third-order valence-corrected chi connectivity index (χ3v) is 2.16. The zero-order chi connectivity index (χ0) is 11.5. The highest BCUT2D eigenvalue weighted by atomic mass is 16.1. The van der Waals surface area contributed by atoms with Crippen molar-refractivity contribution in [3.05, 3.63) is 46.3 Å². The fourth-order valence-electron chi connectivity index (χ4n) is 1.40. The lowest BCUT2D eigenvalue weighted by atomic mass is 10.1. The Morgan fingerprint density at radius 3 is 2.94 bits per heavy atom. The quantitative estimate of drug-likeness (QED) is 0.764. The summed E-state index contributed by atoms with van der Waals surface area (Å²) in [5.41, 5.74) is 2.22. The maximum atomic E-state index is 11.1. The molecule has 2 rings (SSSR count). The number of nitriles is 1. The number of aromatic nitrogens is 3. The van der Waals surface area contributed by atoms with Gasteiger partial charge in [-0.15, -0.1) is 0 Å². The molecular formula is C11H8N4O. The Labute approximate surface area is 91.4 Å². The molecule has 0 amide bonds. The molecule has 1 N–H and O–H groups in total. The molecule has 2 aromatic heterocycles. The van der Waals surface area contributed by atoms with Crippen LogP contribution in [0.3, 0.4) is 0 Å². The first-order valence-corrected chi connectivity index (χ1v) is 4.62. The van der Waals surface area contributed by atoms with E-state index >= 15 is 0 Å². The molecule has 0 unspecified atom stereocenters. The van der Waals surface area contributed by atoms with Gasteiger partial charge in [0.15, 0.2) is 0 Å². The average Bonchev–Trinajstić information content (AvgIpc) is 2.32. The number of rotatable bonds is 1. The van der Waals surface area contributed by atoms with E-state index in [-0.39, 0.29) is 0 Å². The molecule has 0 atom stereocenters. The number of aryl methyl sites for hydroxylation is 1. The predicted octanol–water partition coefficient (Wildman–Crippen LogP) is 1.01. The van der Waals surface area contributed by atoms with Crippen molar-refractivity contribution >= 4 is 0 Å². The van der Waals surface area contributed by atoms with E-state index in [1.54, 1.807) is 12.3 Å². The molecule has 5 nitrogen and oxygen atoms in total. The van der Waals surface area contributed by atoms with Gasteiger partial charge in [-0.1, -0.05) is 0 Å². The van der Waals surface area contributed by atoms with E-state index in [0.29, 0.717) is 16.8 Å². The van der Waals surface area contributed by atoms with Gasteiger partial charge in [0.2, 0.25) is 0 Å². The summed E-state index contributed by atoms with van der Waals surface area (Å²) >= 11 is 0. The van der Waals surface area contributed by atoms with Crippen molar-refractivity contribution in [1.82, 2.24) is 15.0 Å². The van der Waals surface area contributed by atoms with Gasteiger partial charge in [0.1, 0.15) is 6.07 Å². The summed E-state index contributed by atoms with van der Waals surface area (Å²) in [6.07, 6.45) is 4.56. The summed E-state index contributed by atoms with van der Waals surface area (Å²) in [4.78, 5) is 21.3. The molecule has 16 heavy (non-hydrogen) atoms. The highest BCUT2D eigenvalue weighted by Crippen LogP contribution is 2.18. The standard InChI is InChI=1S/C11H8N4O/c1-7-4-14-11(16)15-10(7)9-2-8(3-12)5-13-6-9/h2,4-6H,1H3,(H,14,15,16). The molecule has 0 radical (unpaired) electrons. The van der Waals surface area contributed by atoms with E-state index < -0.39 is 5.69 Å². The fraction of sp³-hybridized carbons (Fsp3) is 0.0909. The number of aromatic amines is 1. The minimum absolute atomic E-state index is 0.414. The Morgan fingerprint density at radius 1 is 1.38 bits per heavy atom. The van der Waals surface area contributed by atoms with Crippen LogP contribution in [0.25, 0.3) is 11.3 Å². The van der Waals surface area contributed by atoms with Crippen LogP contribution in [0.2, 0.25) is 0 Å². The molecule has 0 saturated heterocycles. The number of nitrogens with one attached hydrogen (secondary N) is 1. The van der Waals surface area contributed by atoms with Crippen LogP contribution in [0, 0.1) is 18.3 Å². The Kier molecular flexibility index (Phi) is 2.48. The molecular weight excluding hydrogens is 204 g/mol. The lowest BCUT2D eigenvalue weighted by Gasteiger charge is -2.03. The first-order valence-electron chi connectivity index (χ1n) is 4.62. The number of nitrogens with zero attached hydrogens (tertiary/aromatic N) is 3. The second kappa shape index (κ2) is 3.95. The van der Waals surface area contributed by atoms with Gasteiger partial charge < -0.3 is 4.98 Å². The van der Waals surface area contributed by atoms with Gasteiger partial charge >= 0.3 is 5.69 Å². The van der Waals surface area contributed by atoms with Crippen molar-refractivity contribution < 1.29 is 0 Å². The number of hydrogen-bond donors (Lipinski definition) is 1. The highest BCUT2D eigenvalue weighted by molar-refractivity contribution is 5.62. The van der Waals surface area contributed by atoms with Crippen molar-refractivity contribution in [1.29, 1.82) is 5.26 Å². The molecule has 5 heteroatoms. The van der Waals surface area contributed by atoms with Gasteiger partial charge in [0.25, 0.3) is 0 Å². The first-order chi connectivity index (χ1) is 7.70. The smallest absolute Gasteiger partial charge is 0.305 e. The Bertz CT molecular complexity index is 624. The summed E-state index contributed by atoms with van der Waals surface area (Å²) in [7, 11) is 0. The molecule has 0 aromatic carbocycles. The second-order valence-electron chi connectivity index (χ2n) is 3.32. The van der Waals surface area contributed by atoms with Gasteiger partial charge in [-0.2, -0.15) is 5.26 Å². The van der Waals surface area contributed by atoms with Crippen LogP contribution >= 0.6 is 0 Å². The molecule has 0 fully saturated rings. The lowest BCUT2D eigenvalue weighted by Crippen LogP contribution is -2.11. The van der Waals surface area contributed by atoms with E-state index in [9.17, 15) is 4.79 Å². The summed E-state index contributed by atoms with van der Waals surface area (Å²) < 4.78 is 0. The van der Waals surface area contributed by atoms with E-state index in [1.165, 1.54) is 12.4 Å². The topological polar surface area (TPSA) is 82.4 Å². The molecule has 2 heterocycles. The summed E-state index contributed by atoms with van der Waals surface area (Å²) in [5, 5.41) is 8.76. The number of H-pyrrole nitrogens is 1. The SMILES string of the molecule is Cc1cnc(=O)[nH]c1-c1cncc(C#N)c1. The summed E-state index contributed by atoms with van der Waals surface area (Å²) in [6, 6.07) is 3.67. The Morgan fingerprint density at radius 2 is 2.19 bits per heavy atom. The number of pyridine rings is 1. The van der Waals surface area contributed by atoms with Crippen molar-refractivity contribution in [3.8, 4) is 17.3 Å². The van der Waals surface area contributed by atoms with Crippen molar-refractivity contribution in [2.45, 2.75) is 6.92 Å². The van der Waals surface area contributed by atoms with Crippen LogP contribution in [0.1, 0.15) is 11.1 Å². The minimum Gasteiger partial charge on any atom is -0.305 e. The molecule has 0 bridgehead atoms. The van der Waals surface area contributed by atoms with Gasteiger partial charge in [-0.3, -0.25) is 4.98 Å². The molecule has 0 saturated carbocycles. The van der Waals surface area contributed by atoms with Crippen molar-refractivity contribution in [2.75, 3.05) is 0 Å². The van der Waals surface area contributed by atoms with E-state index in [1.807, 2.05) is 13.0 Å². The van der Waals surface area contributed by atoms with Crippen molar-refractivity contribution in [2.24, 2.45) is 0 Å². The monoisotopic (exact) mass is 212 g/mol. The van der Waals surface area contributed by atoms with Crippen LogP contribution in [-0.4, -0.2) is 15.0 Å². The first kappa shape index (κ1) is 10.1. The Balaban J connectivity index is 2.63. The summed E-state index contributed by atoms with van der Waals surface area (Å²) in [5.74, 6) is 0. The maximum absolute atomic E-state index is 11.1. The molecule has 78 valence electrons. The molecule has 0 aliphatic heterocycles. The molecule has 0 spiro atoms. The van der Waals surface area contributed by atoms with Gasteiger partial charge in [-0.05, 0) is 18.6 Å². The van der Waals surface area contributed by atoms with E-state index in [0.717, 1.165) is 5.56 Å². The van der Waals surface area contributed by atoms with Gasteiger partial charge in [0.05, 0.1) is 11.3 Å². The average molecular weight is 212 g/mol. The van der Waals surface area contributed by atoms with E-state index in [4.69, 9.17) is 5.26 Å². The lowest BCUT2D eigenvalue weighted by molar-refractivity contribution is 1.05. The molecule has 0 aliphatic carbocycles. The van der Waals surface area contributed by atoms with Gasteiger partial charge in [0, 0.05) is 24.2 Å². The highest BCUT2D eigenvalue weighted by Gasteiger charge is 2.04.